The molecule has 0 saturated heterocycles. The lowest BCUT2D eigenvalue weighted by atomic mass is 10.2. The summed E-state index contributed by atoms with van der Waals surface area (Å²) in [5, 5.41) is 2.64. The largest absolute Gasteiger partial charge is 0.494 e. The van der Waals surface area contributed by atoms with Crippen molar-refractivity contribution < 1.29 is 13.9 Å². The lowest BCUT2D eigenvalue weighted by Crippen LogP contribution is -2.13. The second-order valence-corrected chi connectivity index (χ2v) is 4.95. The standard InChI is InChI=1S/C15H13BrFNO2/c1-2-20-12-6-4-11(5-7-12)18-15(19)13-9-10(16)3-8-14(13)17/h3-9H,2H2,1H3,(H,18,19). The Bertz CT molecular complexity index is 614. The molecule has 1 N–H and O–H groups in total. The summed E-state index contributed by atoms with van der Waals surface area (Å²) in [7, 11) is 0. The van der Waals surface area contributed by atoms with Gasteiger partial charge in [-0.05, 0) is 49.4 Å². The van der Waals surface area contributed by atoms with Crippen molar-refractivity contribution >= 4 is 27.5 Å². The lowest BCUT2D eigenvalue weighted by molar-refractivity contribution is 0.102. The van der Waals surface area contributed by atoms with Gasteiger partial charge in [0.1, 0.15) is 11.6 Å². The zero-order valence-corrected chi connectivity index (χ0v) is 12.4. The highest BCUT2D eigenvalue weighted by molar-refractivity contribution is 9.10. The molecule has 0 fully saturated rings. The number of benzene rings is 2. The van der Waals surface area contributed by atoms with Crippen LogP contribution in [0.1, 0.15) is 17.3 Å². The molecule has 2 rings (SSSR count). The van der Waals surface area contributed by atoms with Crippen molar-refractivity contribution in [2.24, 2.45) is 0 Å². The number of rotatable bonds is 4. The molecular weight excluding hydrogens is 325 g/mol. The first kappa shape index (κ1) is 14.5. The van der Waals surface area contributed by atoms with Crippen LogP contribution in [0, 0.1) is 5.82 Å². The Labute approximate surface area is 124 Å². The predicted molar refractivity (Wildman–Crippen MR) is 79.7 cm³/mol. The molecule has 0 aliphatic carbocycles. The fraction of sp³-hybridized carbons (Fsp3) is 0.133. The van der Waals surface area contributed by atoms with Crippen molar-refractivity contribution in [1.82, 2.24) is 0 Å². The van der Waals surface area contributed by atoms with E-state index in [1.54, 1.807) is 30.3 Å². The van der Waals surface area contributed by atoms with E-state index in [9.17, 15) is 9.18 Å². The molecule has 0 heterocycles. The number of nitrogens with one attached hydrogen (secondary N) is 1. The Kier molecular flexibility index (Phi) is 4.74. The van der Waals surface area contributed by atoms with Crippen molar-refractivity contribution in [2.75, 3.05) is 11.9 Å². The van der Waals surface area contributed by atoms with Crippen LogP contribution in [0.2, 0.25) is 0 Å². The normalized spacial score (nSPS) is 10.2. The van der Waals surface area contributed by atoms with Crippen LogP contribution < -0.4 is 10.1 Å². The van der Waals surface area contributed by atoms with Gasteiger partial charge < -0.3 is 10.1 Å². The third-order valence-electron chi connectivity index (χ3n) is 2.60. The second-order valence-electron chi connectivity index (χ2n) is 4.04. The zero-order chi connectivity index (χ0) is 14.5. The SMILES string of the molecule is CCOc1ccc(NC(=O)c2cc(Br)ccc2F)cc1. The van der Waals surface area contributed by atoms with Gasteiger partial charge in [-0.15, -0.1) is 0 Å². The van der Waals surface area contributed by atoms with E-state index in [1.807, 2.05) is 6.92 Å². The molecule has 0 spiro atoms. The highest BCUT2D eigenvalue weighted by atomic mass is 79.9. The number of carbonyl (C=O) groups is 1. The summed E-state index contributed by atoms with van der Waals surface area (Å²) in [4.78, 5) is 12.0. The van der Waals surface area contributed by atoms with Gasteiger partial charge in [0.05, 0.1) is 12.2 Å². The van der Waals surface area contributed by atoms with Gasteiger partial charge in [-0.25, -0.2) is 4.39 Å². The van der Waals surface area contributed by atoms with Crippen molar-refractivity contribution in [3.63, 3.8) is 0 Å². The highest BCUT2D eigenvalue weighted by Crippen LogP contribution is 2.19. The van der Waals surface area contributed by atoms with E-state index in [0.717, 1.165) is 5.75 Å². The van der Waals surface area contributed by atoms with Crippen molar-refractivity contribution in [3.8, 4) is 5.75 Å². The maximum Gasteiger partial charge on any atom is 0.258 e. The monoisotopic (exact) mass is 337 g/mol. The van der Waals surface area contributed by atoms with Crippen molar-refractivity contribution in [1.29, 1.82) is 0 Å². The topological polar surface area (TPSA) is 38.3 Å². The first-order valence-electron chi connectivity index (χ1n) is 6.09. The molecule has 0 bridgehead atoms. The minimum Gasteiger partial charge on any atom is -0.494 e. The van der Waals surface area contributed by atoms with Gasteiger partial charge in [-0.3, -0.25) is 4.79 Å². The Morgan fingerprint density at radius 2 is 1.95 bits per heavy atom. The number of amides is 1. The first-order chi connectivity index (χ1) is 9.60. The lowest BCUT2D eigenvalue weighted by Gasteiger charge is -2.08. The van der Waals surface area contributed by atoms with E-state index in [0.29, 0.717) is 16.8 Å². The molecular formula is C15H13BrFNO2. The molecule has 0 aliphatic rings. The maximum atomic E-state index is 13.6. The molecule has 0 radical (unpaired) electrons. The van der Waals surface area contributed by atoms with Crippen LogP contribution in [0.3, 0.4) is 0 Å². The average molecular weight is 338 g/mol. The molecule has 0 aliphatic heterocycles. The minimum absolute atomic E-state index is 0.00624. The van der Waals surface area contributed by atoms with Crippen LogP contribution >= 0.6 is 15.9 Å². The predicted octanol–water partition coefficient (Wildman–Crippen LogP) is 4.24. The third kappa shape index (κ3) is 3.57. The van der Waals surface area contributed by atoms with Gasteiger partial charge in [0.15, 0.2) is 0 Å². The summed E-state index contributed by atoms with van der Waals surface area (Å²) < 4.78 is 19.5. The molecule has 3 nitrogen and oxygen atoms in total. The van der Waals surface area contributed by atoms with E-state index in [-0.39, 0.29) is 5.56 Å². The smallest absolute Gasteiger partial charge is 0.258 e. The quantitative estimate of drug-likeness (QED) is 0.906. The van der Waals surface area contributed by atoms with Gasteiger partial charge in [0.2, 0.25) is 0 Å². The molecule has 2 aromatic rings. The van der Waals surface area contributed by atoms with Gasteiger partial charge in [-0.2, -0.15) is 0 Å². The summed E-state index contributed by atoms with van der Waals surface area (Å²) in [5.74, 6) is -0.330. The summed E-state index contributed by atoms with van der Waals surface area (Å²) in [6, 6.07) is 11.1. The average Bonchev–Trinajstić information content (AvgIpc) is 2.44. The van der Waals surface area contributed by atoms with Crippen molar-refractivity contribution in [2.45, 2.75) is 6.92 Å². The Balaban J connectivity index is 2.13. The van der Waals surface area contributed by atoms with E-state index in [2.05, 4.69) is 21.2 Å². The van der Waals surface area contributed by atoms with Gasteiger partial charge in [0.25, 0.3) is 5.91 Å². The molecule has 2 aromatic carbocycles. The van der Waals surface area contributed by atoms with Crippen LogP contribution in [0.5, 0.6) is 5.75 Å². The fourth-order valence-electron chi connectivity index (χ4n) is 1.67. The molecule has 0 atom stereocenters. The molecule has 5 heteroatoms. The molecule has 0 saturated carbocycles. The zero-order valence-electron chi connectivity index (χ0n) is 10.8. The summed E-state index contributed by atoms with van der Waals surface area (Å²) in [6.07, 6.45) is 0. The molecule has 0 aromatic heterocycles. The van der Waals surface area contributed by atoms with E-state index >= 15 is 0 Å². The number of hydrogen-bond donors (Lipinski definition) is 1. The van der Waals surface area contributed by atoms with Gasteiger partial charge in [0, 0.05) is 10.2 Å². The number of hydrogen-bond acceptors (Lipinski definition) is 2. The molecule has 1 amide bonds. The van der Waals surface area contributed by atoms with Crippen molar-refractivity contribution in [3.05, 3.63) is 58.3 Å². The minimum atomic E-state index is -0.559. The van der Waals surface area contributed by atoms with Gasteiger partial charge in [-0.1, -0.05) is 15.9 Å². The van der Waals surface area contributed by atoms with Crippen LogP contribution in [-0.2, 0) is 0 Å². The first-order valence-corrected chi connectivity index (χ1v) is 6.88. The summed E-state index contributed by atoms with van der Waals surface area (Å²) >= 11 is 3.21. The second kappa shape index (κ2) is 6.52. The Hall–Kier alpha value is -1.88. The highest BCUT2D eigenvalue weighted by Gasteiger charge is 2.12. The Morgan fingerprint density at radius 1 is 1.25 bits per heavy atom. The number of anilines is 1. The fourth-order valence-corrected chi connectivity index (χ4v) is 2.03. The van der Waals surface area contributed by atoms with Gasteiger partial charge >= 0.3 is 0 Å². The van der Waals surface area contributed by atoms with Crippen LogP contribution in [0.4, 0.5) is 10.1 Å². The summed E-state index contributed by atoms with van der Waals surface area (Å²) in [6.45, 7) is 2.47. The van der Waals surface area contributed by atoms with Crippen LogP contribution in [-0.4, -0.2) is 12.5 Å². The number of ether oxygens (including phenoxy) is 1. The Morgan fingerprint density at radius 3 is 2.60 bits per heavy atom. The van der Waals surface area contributed by atoms with Crippen LogP contribution in [0.15, 0.2) is 46.9 Å². The van der Waals surface area contributed by atoms with E-state index in [4.69, 9.17) is 4.74 Å². The molecule has 0 unspecified atom stereocenters. The summed E-state index contributed by atoms with van der Waals surface area (Å²) in [5.41, 5.74) is 0.575. The van der Waals surface area contributed by atoms with E-state index in [1.165, 1.54) is 12.1 Å². The third-order valence-corrected chi connectivity index (χ3v) is 3.09. The van der Waals surface area contributed by atoms with E-state index < -0.39 is 11.7 Å². The molecule has 20 heavy (non-hydrogen) atoms. The molecule has 104 valence electrons. The maximum absolute atomic E-state index is 13.6. The van der Waals surface area contributed by atoms with Crippen LogP contribution in [0.25, 0.3) is 0 Å². The number of carbonyl (C=O) groups excluding carboxylic acids is 1. The number of halogens is 2.